The third kappa shape index (κ3) is 3.81. The van der Waals surface area contributed by atoms with Crippen molar-refractivity contribution in [2.24, 2.45) is 0 Å². The van der Waals surface area contributed by atoms with Crippen LogP contribution in [0.1, 0.15) is 35.8 Å². The van der Waals surface area contributed by atoms with Crippen molar-refractivity contribution < 1.29 is 13.2 Å². The Morgan fingerprint density at radius 3 is 2.22 bits per heavy atom. The third-order valence-corrected chi connectivity index (χ3v) is 6.48. The van der Waals surface area contributed by atoms with Gasteiger partial charge in [-0.2, -0.15) is 9.40 Å². The highest BCUT2D eigenvalue weighted by Crippen LogP contribution is 2.26. The Labute approximate surface area is 158 Å². The number of carbonyl (C=O) groups is 1. The van der Waals surface area contributed by atoms with Gasteiger partial charge in [-0.3, -0.25) is 4.79 Å². The molecule has 3 aromatic rings. The number of hydrogen-bond acceptors (Lipinski definition) is 5. The summed E-state index contributed by atoms with van der Waals surface area (Å²) in [5.74, 6) is -0.104. The van der Waals surface area contributed by atoms with E-state index in [0.717, 1.165) is 11.3 Å². The lowest BCUT2D eigenvalue weighted by Crippen LogP contribution is -2.29. The van der Waals surface area contributed by atoms with Crippen LogP contribution in [0, 0.1) is 0 Å². The van der Waals surface area contributed by atoms with Crippen molar-refractivity contribution in [2.45, 2.75) is 24.8 Å². The first-order chi connectivity index (χ1) is 12.8. The zero-order chi connectivity index (χ0) is 19.6. The molecule has 7 nitrogen and oxygen atoms in total. The second kappa shape index (κ2) is 7.42. The van der Waals surface area contributed by atoms with Crippen molar-refractivity contribution in [3.05, 3.63) is 72.3 Å². The molecule has 0 saturated carbocycles. The third-order valence-electron chi connectivity index (χ3n) is 4.54. The van der Waals surface area contributed by atoms with Crippen LogP contribution in [-0.4, -0.2) is 40.3 Å². The number of aromatic nitrogens is 3. The van der Waals surface area contributed by atoms with Crippen LogP contribution in [0.2, 0.25) is 0 Å². The number of sulfonamides is 1. The minimum Gasteiger partial charge on any atom is -0.295 e. The van der Waals surface area contributed by atoms with E-state index in [0.29, 0.717) is 5.56 Å². The molecule has 0 bridgehead atoms. The number of hydrogen-bond donors (Lipinski definition) is 0. The van der Waals surface area contributed by atoms with Crippen molar-refractivity contribution in [1.29, 1.82) is 0 Å². The molecule has 0 fully saturated rings. The molecular formula is C19H20N4O3S. The average molecular weight is 384 g/mol. The van der Waals surface area contributed by atoms with Crippen molar-refractivity contribution >= 4 is 15.8 Å². The lowest BCUT2D eigenvalue weighted by molar-refractivity contribution is 0.101. The largest absolute Gasteiger partial charge is 0.295 e. The smallest absolute Gasteiger partial charge is 0.243 e. The van der Waals surface area contributed by atoms with Gasteiger partial charge in [0.15, 0.2) is 5.78 Å². The van der Waals surface area contributed by atoms with E-state index in [-0.39, 0.29) is 16.7 Å². The molecule has 8 heteroatoms. The van der Waals surface area contributed by atoms with E-state index in [1.807, 2.05) is 31.2 Å². The summed E-state index contributed by atoms with van der Waals surface area (Å²) in [6.07, 6.45) is 3.05. The van der Waals surface area contributed by atoms with Gasteiger partial charge in [-0.1, -0.05) is 24.3 Å². The lowest BCUT2D eigenvalue weighted by Gasteiger charge is -2.25. The molecule has 1 atom stereocenters. The van der Waals surface area contributed by atoms with Crippen molar-refractivity contribution in [3.63, 3.8) is 0 Å². The monoisotopic (exact) mass is 384 g/mol. The van der Waals surface area contributed by atoms with Crippen LogP contribution in [0.25, 0.3) is 5.69 Å². The van der Waals surface area contributed by atoms with E-state index >= 15 is 0 Å². The zero-order valence-electron chi connectivity index (χ0n) is 15.3. The van der Waals surface area contributed by atoms with Gasteiger partial charge in [0.2, 0.25) is 10.0 Å². The van der Waals surface area contributed by atoms with Gasteiger partial charge in [0.25, 0.3) is 0 Å². The first-order valence-corrected chi connectivity index (χ1v) is 9.78. The second-order valence-corrected chi connectivity index (χ2v) is 8.21. The fourth-order valence-corrected chi connectivity index (χ4v) is 4.04. The minimum absolute atomic E-state index is 0.104. The molecule has 0 aliphatic carbocycles. The van der Waals surface area contributed by atoms with E-state index in [4.69, 9.17) is 0 Å². The van der Waals surface area contributed by atoms with E-state index < -0.39 is 10.0 Å². The van der Waals surface area contributed by atoms with Gasteiger partial charge in [-0.25, -0.2) is 18.1 Å². The highest BCUT2D eigenvalue weighted by molar-refractivity contribution is 7.89. The molecule has 0 N–H and O–H groups in total. The Bertz CT molecular complexity index is 1030. The van der Waals surface area contributed by atoms with Gasteiger partial charge in [-0.15, -0.1) is 0 Å². The summed E-state index contributed by atoms with van der Waals surface area (Å²) >= 11 is 0. The molecule has 1 heterocycles. The van der Waals surface area contributed by atoms with Gasteiger partial charge in [0.1, 0.15) is 12.7 Å². The quantitative estimate of drug-likeness (QED) is 0.610. The highest BCUT2D eigenvalue weighted by Gasteiger charge is 2.26. The summed E-state index contributed by atoms with van der Waals surface area (Å²) < 4.78 is 28.8. The van der Waals surface area contributed by atoms with Crippen molar-refractivity contribution in [1.82, 2.24) is 19.1 Å². The van der Waals surface area contributed by atoms with Crippen LogP contribution < -0.4 is 0 Å². The van der Waals surface area contributed by atoms with Crippen LogP contribution >= 0.6 is 0 Å². The Hall–Kier alpha value is -2.84. The second-order valence-electron chi connectivity index (χ2n) is 6.21. The molecule has 0 unspecified atom stereocenters. The number of Topliss-reactive ketones (excluding diaryl/α,β-unsaturated/α-hetero) is 1. The number of rotatable bonds is 6. The Balaban J connectivity index is 1.83. The number of nitrogens with zero attached hydrogens (tertiary/aromatic N) is 4. The minimum atomic E-state index is -3.69. The molecule has 0 amide bonds. The number of carbonyl (C=O) groups excluding carboxylic acids is 1. The summed E-state index contributed by atoms with van der Waals surface area (Å²) in [5, 5.41) is 4.07. The van der Waals surface area contributed by atoms with Crippen LogP contribution in [0.5, 0.6) is 0 Å². The maximum Gasteiger partial charge on any atom is 0.243 e. The van der Waals surface area contributed by atoms with E-state index in [1.54, 1.807) is 18.1 Å². The van der Waals surface area contributed by atoms with Crippen LogP contribution in [0.4, 0.5) is 0 Å². The predicted octanol–water partition coefficient (Wildman–Crippen LogP) is 2.85. The van der Waals surface area contributed by atoms with Gasteiger partial charge >= 0.3 is 0 Å². The Morgan fingerprint density at radius 1 is 1.07 bits per heavy atom. The SMILES string of the molecule is CC(=O)c1ccc(S(=O)(=O)N(C)[C@@H](C)c2ccc(-n3cncn3)cc2)cc1. The molecule has 0 aliphatic rings. The van der Waals surface area contributed by atoms with E-state index in [9.17, 15) is 13.2 Å². The topological polar surface area (TPSA) is 85.2 Å². The zero-order valence-corrected chi connectivity index (χ0v) is 16.1. The molecule has 140 valence electrons. The molecule has 0 radical (unpaired) electrons. The first-order valence-electron chi connectivity index (χ1n) is 8.34. The van der Waals surface area contributed by atoms with Crippen molar-refractivity contribution in [3.8, 4) is 5.69 Å². The maximum absolute atomic E-state index is 12.9. The lowest BCUT2D eigenvalue weighted by atomic mass is 10.1. The van der Waals surface area contributed by atoms with Crippen LogP contribution in [0.15, 0.2) is 66.1 Å². The van der Waals surface area contributed by atoms with Gasteiger partial charge < -0.3 is 0 Å². The van der Waals surface area contributed by atoms with Gasteiger partial charge in [-0.05, 0) is 43.7 Å². The molecular weight excluding hydrogens is 364 g/mol. The molecule has 3 rings (SSSR count). The standard InChI is InChI=1S/C19H20N4O3S/c1-14(16-4-8-18(9-5-16)23-13-20-12-21-23)22(3)27(25,26)19-10-6-17(7-11-19)15(2)24/h4-14H,1-3H3/t14-/m0/s1. The van der Waals surface area contributed by atoms with E-state index in [2.05, 4.69) is 10.1 Å². The molecule has 2 aromatic carbocycles. The number of benzene rings is 2. The Kier molecular flexibility index (Phi) is 5.20. The summed E-state index contributed by atoms with van der Waals surface area (Å²) in [5.41, 5.74) is 2.17. The molecule has 27 heavy (non-hydrogen) atoms. The molecule has 0 aliphatic heterocycles. The maximum atomic E-state index is 12.9. The van der Waals surface area contributed by atoms with Crippen LogP contribution in [0.3, 0.4) is 0 Å². The van der Waals surface area contributed by atoms with Gasteiger partial charge in [0, 0.05) is 18.7 Å². The van der Waals surface area contributed by atoms with Crippen molar-refractivity contribution in [2.75, 3.05) is 7.05 Å². The molecule has 0 spiro atoms. The fraction of sp³-hybridized carbons (Fsp3) is 0.211. The average Bonchev–Trinajstić information content (AvgIpc) is 3.21. The summed E-state index contributed by atoms with van der Waals surface area (Å²) in [6, 6.07) is 13.1. The fourth-order valence-electron chi connectivity index (χ4n) is 2.69. The normalized spacial score (nSPS) is 12.9. The predicted molar refractivity (Wildman–Crippen MR) is 101 cm³/mol. The Morgan fingerprint density at radius 2 is 1.70 bits per heavy atom. The van der Waals surface area contributed by atoms with Gasteiger partial charge in [0.05, 0.1) is 10.6 Å². The number of ketones is 1. The highest BCUT2D eigenvalue weighted by atomic mass is 32.2. The molecule has 0 saturated heterocycles. The van der Waals surface area contributed by atoms with E-state index in [1.165, 1.54) is 41.8 Å². The first kappa shape index (κ1) is 18.9. The summed E-state index contributed by atoms with van der Waals surface area (Å²) in [7, 11) is -2.14. The van der Waals surface area contributed by atoms with Crippen LogP contribution in [-0.2, 0) is 10.0 Å². The summed E-state index contributed by atoms with van der Waals surface area (Å²) in [6.45, 7) is 3.27. The molecule has 1 aromatic heterocycles. The summed E-state index contributed by atoms with van der Waals surface area (Å²) in [4.78, 5) is 15.4.